The van der Waals surface area contributed by atoms with Crippen molar-refractivity contribution in [1.29, 1.82) is 0 Å². The van der Waals surface area contributed by atoms with Gasteiger partial charge in [-0.1, -0.05) is 49.6 Å². The summed E-state index contributed by atoms with van der Waals surface area (Å²) < 4.78 is 0. The van der Waals surface area contributed by atoms with Gasteiger partial charge in [0.05, 0.1) is 6.04 Å². The second-order valence-corrected chi connectivity index (χ2v) is 6.15. The number of hydrogen-bond donors (Lipinski definition) is 1. The van der Waals surface area contributed by atoms with Crippen molar-refractivity contribution in [2.24, 2.45) is 5.73 Å². The van der Waals surface area contributed by atoms with Crippen LogP contribution in [0.2, 0.25) is 0 Å². The van der Waals surface area contributed by atoms with E-state index in [9.17, 15) is 4.79 Å². The van der Waals surface area contributed by atoms with Crippen LogP contribution in [0, 0.1) is 0 Å². The smallest absolute Gasteiger partial charge is 0.223 e. The van der Waals surface area contributed by atoms with Gasteiger partial charge in [-0.3, -0.25) is 4.79 Å². The van der Waals surface area contributed by atoms with E-state index in [0.717, 1.165) is 19.3 Å². The molecule has 3 nitrogen and oxygen atoms in total. The second kappa shape index (κ2) is 5.96. The van der Waals surface area contributed by atoms with Crippen molar-refractivity contribution in [1.82, 2.24) is 4.90 Å². The van der Waals surface area contributed by atoms with E-state index in [2.05, 4.69) is 17.0 Å². The summed E-state index contributed by atoms with van der Waals surface area (Å²) in [5.41, 5.74) is 7.57. The van der Waals surface area contributed by atoms with Gasteiger partial charge in [-0.2, -0.15) is 0 Å². The van der Waals surface area contributed by atoms with Gasteiger partial charge in [0, 0.05) is 18.5 Å². The molecule has 0 aromatic heterocycles. The van der Waals surface area contributed by atoms with E-state index in [1.54, 1.807) is 0 Å². The summed E-state index contributed by atoms with van der Waals surface area (Å²) >= 11 is 0. The normalized spacial score (nSPS) is 28.6. The lowest BCUT2D eigenvalue weighted by molar-refractivity contribution is -0.141. The van der Waals surface area contributed by atoms with Gasteiger partial charge in [-0.05, 0) is 24.8 Å². The highest BCUT2D eigenvalue weighted by Crippen LogP contribution is 2.36. The van der Waals surface area contributed by atoms with Crippen molar-refractivity contribution < 1.29 is 4.79 Å². The first-order valence-corrected chi connectivity index (χ1v) is 7.89. The number of nitrogens with zero attached hydrogens (tertiary/aromatic N) is 1. The number of carbonyl (C=O) groups is 1. The maximum Gasteiger partial charge on any atom is 0.223 e. The Hall–Kier alpha value is -1.35. The Labute approximate surface area is 121 Å². The number of carbonyl (C=O) groups excluding carboxylic acids is 1. The molecule has 2 N–H and O–H groups in total. The Bertz CT molecular complexity index is 453. The number of amides is 1. The molecule has 2 fully saturated rings. The van der Waals surface area contributed by atoms with Crippen molar-refractivity contribution in [3.05, 3.63) is 35.9 Å². The first-order chi connectivity index (χ1) is 9.77. The maximum absolute atomic E-state index is 12.5. The van der Waals surface area contributed by atoms with Gasteiger partial charge in [-0.25, -0.2) is 0 Å². The highest BCUT2D eigenvalue weighted by Gasteiger charge is 2.38. The predicted molar refractivity (Wildman–Crippen MR) is 80.1 cm³/mol. The number of piperidine rings is 1. The van der Waals surface area contributed by atoms with Crippen molar-refractivity contribution in [3.8, 4) is 0 Å². The molecule has 1 aromatic carbocycles. The monoisotopic (exact) mass is 272 g/mol. The molecular weight excluding hydrogens is 248 g/mol. The van der Waals surface area contributed by atoms with Crippen LogP contribution in [0.5, 0.6) is 0 Å². The molecule has 1 amide bonds. The topological polar surface area (TPSA) is 46.3 Å². The van der Waals surface area contributed by atoms with E-state index in [1.807, 2.05) is 18.2 Å². The number of nitrogens with two attached hydrogens (primary N) is 1. The van der Waals surface area contributed by atoms with E-state index in [0.29, 0.717) is 18.4 Å². The molecule has 0 radical (unpaired) electrons. The SMILES string of the molecule is NC1CCC(=O)N(C2CCCCC2)C1c1ccccc1. The molecule has 1 saturated heterocycles. The second-order valence-electron chi connectivity index (χ2n) is 6.15. The third kappa shape index (κ3) is 2.59. The Morgan fingerprint density at radius 3 is 2.40 bits per heavy atom. The van der Waals surface area contributed by atoms with Crippen LogP contribution >= 0.6 is 0 Å². The first-order valence-electron chi connectivity index (χ1n) is 7.89. The number of rotatable bonds is 2. The molecule has 3 heteroatoms. The minimum absolute atomic E-state index is 0.0667. The quantitative estimate of drug-likeness (QED) is 0.899. The lowest BCUT2D eigenvalue weighted by atomic mass is 9.85. The maximum atomic E-state index is 12.5. The van der Waals surface area contributed by atoms with Gasteiger partial charge in [0.15, 0.2) is 0 Å². The van der Waals surface area contributed by atoms with Crippen molar-refractivity contribution in [2.45, 2.75) is 63.1 Å². The van der Waals surface area contributed by atoms with Gasteiger partial charge in [0.2, 0.25) is 5.91 Å². The van der Waals surface area contributed by atoms with Crippen LogP contribution in [0.15, 0.2) is 30.3 Å². The Balaban J connectivity index is 1.91. The van der Waals surface area contributed by atoms with Crippen LogP contribution < -0.4 is 5.73 Å². The predicted octanol–water partition coefficient (Wildman–Crippen LogP) is 3.01. The van der Waals surface area contributed by atoms with Crippen LogP contribution in [0.1, 0.15) is 56.6 Å². The molecule has 20 heavy (non-hydrogen) atoms. The summed E-state index contributed by atoms with van der Waals surface area (Å²) in [5.74, 6) is 0.299. The third-order valence-electron chi connectivity index (χ3n) is 4.79. The molecule has 2 unspecified atom stereocenters. The fourth-order valence-corrected chi connectivity index (χ4v) is 3.79. The van der Waals surface area contributed by atoms with E-state index in [-0.39, 0.29) is 12.1 Å². The van der Waals surface area contributed by atoms with E-state index in [1.165, 1.54) is 24.8 Å². The Morgan fingerprint density at radius 1 is 1.00 bits per heavy atom. The van der Waals surface area contributed by atoms with Crippen LogP contribution in [-0.2, 0) is 4.79 Å². The highest BCUT2D eigenvalue weighted by atomic mass is 16.2. The molecule has 1 saturated carbocycles. The first kappa shape index (κ1) is 13.6. The van der Waals surface area contributed by atoms with Crippen LogP contribution in [0.3, 0.4) is 0 Å². The van der Waals surface area contributed by atoms with Crippen molar-refractivity contribution in [2.75, 3.05) is 0 Å². The minimum atomic E-state index is 0.0667. The average Bonchev–Trinajstić information content (AvgIpc) is 2.51. The van der Waals surface area contributed by atoms with Crippen molar-refractivity contribution >= 4 is 5.91 Å². The van der Waals surface area contributed by atoms with Crippen LogP contribution in [0.4, 0.5) is 0 Å². The van der Waals surface area contributed by atoms with Gasteiger partial charge in [-0.15, -0.1) is 0 Å². The zero-order valence-electron chi connectivity index (χ0n) is 12.0. The van der Waals surface area contributed by atoms with Crippen LogP contribution in [0.25, 0.3) is 0 Å². The molecule has 0 bridgehead atoms. The largest absolute Gasteiger partial charge is 0.331 e. The summed E-state index contributed by atoms with van der Waals surface area (Å²) in [6, 6.07) is 10.9. The molecule has 2 atom stereocenters. The molecule has 1 aliphatic heterocycles. The van der Waals surface area contributed by atoms with Gasteiger partial charge in [0.25, 0.3) is 0 Å². The molecule has 2 aliphatic rings. The standard InChI is InChI=1S/C17H24N2O/c18-15-11-12-16(20)19(14-9-5-2-6-10-14)17(15)13-7-3-1-4-8-13/h1,3-4,7-8,14-15,17H,2,5-6,9-12,18H2. The Morgan fingerprint density at radius 2 is 1.70 bits per heavy atom. The summed E-state index contributed by atoms with van der Waals surface area (Å²) in [7, 11) is 0. The van der Waals surface area contributed by atoms with Gasteiger partial charge >= 0.3 is 0 Å². The number of benzene rings is 1. The Kier molecular flexibility index (Phi) is 4.06. The fourth-order valence-electron chi connectivity index (χ4n) is 3.79. The van der Waals surface area contributed by atoms with Gasteiger partial charge in [0.1, 0.15) is 0 Å². The number of likely N-dealkylation sites (tertiary alicyclic amines) is 1. The molecule has 0 spiro atoms. The summed E-state index contributed by atoms with van der Waals surface area (Å²) in [6.45, 7) is 0. The summed E-state index contributed by atoms with van der Waals surface area (Å²) in [4.78, 5) is 14.6. The van der Waals surface area contributed by atoms with E-state index in [4.69, 9.17) is 5.73 Å². The van der Waals surface area contributed by atoms with Crippen molar-refractivity contribution in [3.63, 3.8) is 0 Å². The molecule has 1 aromatic rings. The van der Waals surface area contributed by atoms with E-state index < -0.39 is 0 Å². The lowest BCUT2D eigenvalue weighted by Gasteiger charge is -2.45. The molecule has 1 heterocycles. The molecule has 3 rings (SSSR count). The van der Waals surface area contributed by atoms with E-state index >= 15 is 0 Å². The third-order valence-corrected chi connectivity index (χ3v) is 4.79. The zero-order chi connectivity index (χ0) is 13.9. The molecule has 108 valence electrons. The zero-order valence-corrected chi connectivity index (χ0v) is 12.0. The molecule has 1 aliphatic carbocycles. The summed E-state index contributed by atoms with van der Waals surface area (Å²) in [5, 5.41) is 0. The minimum Gasteiger partial charge on any atom is -0.331 e. The molecular formula is C17H24N2O. The van der Waals surface area contributed by atoms with Gasteiger partial charge < -0.3 is 10.6 Å². The number of hydrogen-bond acceptors (Lipinski definition) is 2. The highest BCUT2D eigenvalue weighted by molar-refractivity contribution is 5.78. The lowest BCUT2D eigenvalue weighted by Crippen LogP contribution is -2.53. The fraction of sp³-hybridized carbons (Fsp3) is 0.588. The van der Waals surface area contributed by atoms with Crippen LogP contribution in [-0.4, -0.2) is 22.9 Å². The summed E-state index contributed by atoms with van der Waals surface area (Å²) in [6.07, 6.45) is 7.49. The average molecular weight is 272 g/mol.